The first kappa shape index (κ1) is 22.0. The molecule has 0 aliphatic carbocycles. The Kier molecular flexibility index (Phi) is 6.58. The quantitative estimate of drug-likeness (QED) is 0.572. The van der Waals surface area contributed by atoms with E-state index in [1.54, 1.807) is 25.1 Å². The van der Waals surface area contributed by atoms with Crippen LogP contribution in [0.1, 0.15) is 34.6 Å². The van der Waals surface area contributed by atoms with Gasteiger partial charge < -0.3 is 10.1 Å². The van der Waals surface area contributed by atoms with Crippen LogP contribution in [0.25, 0.3) is 10.2 Å². The Labute approximate surface area is 182 Å². The zero-order chi connectivity index (χ0) is 22.0. The van der Waals surface area contributed by atoms with Gasteiger partial charge in [-0.15, -0.1) is 11.3 Å². The van der Waals surface area contributed by atoms with E-state index < -0.39 is 5.97 Å². The first-order valence-electron chi connectivity index (χ1n) is 9.39. The zero-order valence-corrected chi connectivity index (χ0v) is 18.7. The molecule has 0 saturated carbocycles. The Morgan fingerprint density at radius 3 is 2.70 bits per heavy atom. The van der Waals surface area contributed by atoms with Crippen LogP contribution in [0, 0.1) is 19.8 Å². The van der Waals surface area contributed by atoms with Gasteiger partial charge in [-0.25, -0.2) is 9.78 Å². The number of esters is 1. The molecule has 0 bridgehead atoms. The van der Waals surface area contributed by atoms with Crippen molar-refractivity contribution in [3.8, 4) is 0 Å². The van der Waals surface area contributed by atoms with E-state index in [4.69, 9.17) is 16.3 Å². The van der Waals surface area contributed by atoms with Gasteiger partial charge in [0.05, 0.1) is 18.3 Å². The monoisotopic (exact) mass is 447 g/mol. The molecule has 7 nitrogen and oxygen atoms in total. The molecule has 0 radical (unpaired) electrons. The van der Waals surface area contributed by atoms with Crippen molar-refractivity contribution < 1.29 is 14.3 Å². The molecule has 1 N–H and O–H groups in total. The zero-order valence-electron chi connectivity index (χ0n) is 17.1. The molecule has 0 saturated heterocycles. The highest BCUT2D eigenvalue weighted by molar-refractivity contribution is 7.20. The smallest absolute Gasteiger partial charge is 0.348 e. The van der Waals surface area contributed by atoms with Crippen LogP contribution in [-0.2, 0) is 16.1 Å². The summed E-state index contributed by atoms with van der Waals surface area (Å²) in [6.07, 6.45) is 1.31. The van der Waals surface area contributed by atoms with E-state index in [9.17, 15) is 14.4 Å². The molecule has 2 aromatic heterocycles. The summed E-state index contributed by atoms with van der Waals surface area (Å²) in [6, 6.07) is 5.19. The molecule has 3 aromatic rings. The molecule has 2 heterocycles. The van der Waals surface area contributed by atoms with Gasteiger partial charge in [-0.2, -0.15) is 0 Å². The van der Waals surface area contributed by atoms with E-state index in [0.29, 0.717) is 38.0 Å². The Hall–Kier alpha value is -2.71. The fourth-order valence-electron chi connectivity index (χ4n) is 2.80. The second-order valence-corrected chi connectivity index (χ2v) is 8.82. The predicted molar refractivity (Wildman–Crippen MR) is 119 cm³/mol. The van der Waals surface area contributed by atoms with Crippen LogP contribution in [-0.4, -0.2) is 28.0 Å². The highest BCUT2D eigenvalue weighted by atomic mass is 35.5. The molecule has 0 fully saturated rings. The SMILES string of the molecule is Cc1ccc(NC(=O)Cn2cnc3sc(C(=O)OCC(C)C)c(C)c3c2=O)cc1Cl. The molecule has 9 heteroatoms. The number of anilines is 1. The normalized spacial score (nSPS) is 11.1. The molecular weight excluding hydrogens is 426 g/mol. The van der Waals surface area contributed by atoms with Gasteiger partial charge in [-0.05, 0) is 43.0 Å². The van der Waals surface area contributed by atoms with Crippen LogP contribution in [0.15, 0.2) is 29.3 Å². The minimum Gasteiger partial charge on any atom is -0.461 e. The second-order valence-electron chi connectivity index (χ2n) is 7.42. The molecular formula is C21H22ClN3O4S. The maximum Gasteiger partial charge on any atom is 0.348 e. The summed E-state index contributed by atoms with van der Waals surface area (Å²) in [5, 5.41) is 3.58. The number of ether oxygens (including phenoxy) is 1. The molecule has 3 rings (SSSR count). The molecule has 30 heavy (non-hydrogen) atoms. The summed E-state index contributed by atoms with van der Waals surface area (Å²) in [6.45, 7) is 7.53. The van der Waals surface area contributed by atoms with E-state index in [1.165, 1.54) is 10.9 Å². The number of carbonyl (C=O) groups excluding carboxylic acids is 2. The van der Waals surface area contributed by atoms with Crippen molar-refractivity contribution in [2.24, 2.45) is 5.92 Å². The number of hydrogen-bond acceptors (Lipinski definition) is 6. The summed E-state index contributed by atoms with van der Waals surface area (Å²) < 4.78 is 6.50. The van der Waals surface area contributed by atoms with E-state index in [2.05, 4.69) is 10.3 Å². The Morgan fingerprint density at radius 2 is 2.03 bits per heavy atom. The van der Waals surface area contributed by atoms with Crippen LogP contribution in [0.2, 0.25) is 5.02 Å². The van der Waals surface area contributed by atoms with Gasteiger partial charge in [0, 0.05) is 10.7 Å². The Balaban J connectivity index is 1.83. The average molecular weight is 448 g/mol. The van der Waals surface area contributed by atoms with Gasteiger partial charge in [0.15, 0.2) is 0 Å². The van der Waals surface area contributed by atoms with E-state index in [-0.39, 0.29) is 23.9 Å². The summed E-state index contributed by atoms with van der Waals surface area (Å²) in [4.78, 5) is 42.7. The number of aromatic nitrogens is 2. The third-order valence-corrected chi connectivity index (χ3v) is 6.01. The second kappa shape index (κ2) is 8.97. The lowest BCUT2D eigenvalue weighted by Gasteiger charge is -2.08. The van der Waals surface area contributed by atoms with Crippen molar-refractivity contribution in [1.82, 2.24) is 9.55 Å². The summed E-state index contributed by atoms with van der Waals surface area (Å²) in [5.74, 6) is -0.646. The highest BCUT2D eigenvalue weighted by Crippen LogP contribution is 2.27. The lowest BCUT2D eigenvalue weighted by Crippen LogP contribution is -2.27. The van der Waals surface area contributed by atoms with Crippen LogP contribution in [0.4, 0.5) is 5.69 Å². The number of nitrogens with zero attached hydrogens (tertiary/aromatic N) is 2. The number of thiophene rings is 1. The van der Waals surface area contributed by atoms with Crippen LogP contribution in [0.5, 0.6) is 0 Å². The van der Waals surface area contributed by atoms with Gasteiger partial charge in [0.1, 0.15) is 16.3 Å². The number of nitrogens with one attached hydrogen (secondary N) is 1. The molecule has 0 aliphatic rings. The molecule has 0 spiro atoms. The number of rotatable bonds is 6. The number of halogens is 1. The minimum absolute atomic E-state index is 0.209. The number of benzene rings is 1. The van der Waals surface area contributed by atoms with Crippen LogP contribution >= 0.6 is 22.9 Å². The van der Waals surface area contributed by atoms with Gasteiger partial charge in [0.2, 0.25) is 5.91 Å². The van der Waals surface area contributed by atoms with E-state index in [1.807, 2.05) is 20.8 Å². The summed E-state index contributed by atoms with van der Waals surface area (Å²) >= 11 is 7.20. The van der Waals surface area contributed by atoms with Crippen molar-refractivity contribution in [2.75, 3.05) is 11.9 Å². The van der Waals surface area contributed by atoms with Gasteiger partial charge >= 0.3 is 5.97 Å². The fraction of sp³-hybridized carbons (Fsp3) is 0.333. The van der Waals surface area contributed by atoms with E-state index >= 15 is 0 Å². The van der Waals surface area contributed by atoms with Crippen molar-refractivity contribution in [3.63, 3.8) is 0 Å². The number of aryl methyl sites for hydroxylation is 2. The number of carbonyl (C=O) groups is 2. The molecule has 158 valence electrons. The molecule has 1 aromatic carbocycles. The van der Waals surface area contributed by atoms with Crippen molar-refractivity contribution in [3.05, 3.63) is 55.9 Å². The first-order chi connectivity index (χ1) is 14.2. The average Bonchev–Trinajstić information content (AvgIpc) is 3.02. The molecule has 0 unspecified atom stereocenters. The predicted octanol–water partition coefficient (Wildman–Crippen LogP) is 4.18. The largest absolute Gasteiger partial charge is 0.461 e. The Bertz CT molecular complexity index is 1180. The van der Waals surface area contributed by atoms with Crippen molar-refractivity contribution in [1.29, 1.82) is 0 Å². The van der Waals surface area contributed by atoms with Crippen molar-refractivity contribution in [2.45, 2.75) is 34.2 Å². The maximum absolute atomic E-state index is 12.9. The minimum atomic E-state index is -0.468. The first-order valence-corrected chi connectivity index (χ1v) is 10.6. The van der Waals surface area contributed by atoms with Gasteiger partial charge in [0.25, 0.3) is 5.56 Å². The topological polar surface area (TPSA) is 90.3 Å². The fourth-order valence-corrected chi connectivity index (χ4v) is 4.01. The highest BCUT2D eigenvalue weighted by Gasteiger charge is 2.21. The number of amides is 1. The molecule has 0 atom stereocenters. The van der Waals surface area contributed by atoms with Crippen molar-refractivity contribution >= 4 is 50.7 Å². The third kappa shape index (κ3) is 4.71. The number of fused-ring (bicyclic) bond motifs is 1. The standard InChI is InChI=1S/C21H22ClN3O4S/c1-11(2)9-29-21(28)18-13(4)17-19(30-18)23-10-25(20(17)27)8-16(26)24-14-6-5-12(3)15(22)7-14/h5-7,10-11H,8-9H2,1-4H3,(H,24,26). The van der Waals surface area contributed by atoms with E-state index in [0.717, 1.165) is 16.9 Å². The number of hydrogen-bond donors (Lipinski definition) is 1. The molecule has 0 aliphatic heterocycles. The third-order valence-electron chi connectivity index (χ3n) is 4.42. The Morgan fingerprint density at radius 1 is 1.30 bits per heavy atom. The summed E-state index contributed by atoms with van der Waals surface area (Å²) in [5.41, 5.74) is 1.57. The van der Waals surface area contributed by atoms with Crippen LogP contribution in [0.3, 0.4) is 0 Å². The van der Waals surface area contributed by atoms with Gasteiger partial charge in [-0.3, -0.25) is 14.2 Å². The molecule has 1 amide bonds. The lowest BCUT2D eigenvalue weighted by atomic mass is 10.2. The lowest BCUT2D eigenvalue weighted by molar-refractivity contribution is -0.116. The summed E-state index contributed by atoms with van der Waals surface area (Å²) in [7, 11) is 0. The van der Waals surface area contributed by atoms with Crippen LogP contribution < -0.4 is 10.9 Å². The van der Waals surface area contributed by atoms with Gasteiger partial charge in [-0.1, -0.05) is 31.5 Å². The maximum atomic E-state index is 12.9.